The largest absolute Gasteiger partial charge is 0.385 e. The molecule has 0 bridgehead atoms. The van der Waals surface area contributed by atoms with Gasteiger partial charge in [-0.1, -0.05) is 56.7 Å². The third-order valence-electron chi connectivity index (χ3n) is 10.1. The second-order valence-electron chi connectivity index (χ2n) is 13.3. The highest BCUT2D eigenvalue weighted by Crippen LogP contribution is 2.63. The van der Waals surface area contributed by atoms with Gasteiger partial charge in [-0.3, -0.25) is 4.79 Å². The van der Waals surface area contributed by atoms with Gasteiger partial charge in [0.1, 0.15) is 5.01 Å². The van der Waals surface area contributed by atoms with Gasteiger partial charge >= 0.3 is 0 Å². The minimum absolute atomic E-state index is 0.00463. The van der Waals surface area contributed by atoms with Crippen molar-refractivity contribution < 1.29 is 19.4 Å². The predicted octanol–water partition coefficient (Wildman–Crippen LogP) is 6.45. The zero-order valence-electron chi connectivity index (χ0n) is 22.5. The molecule has 6 heteroatoms. The van der Waals surface area contributed by atoms with E-state index in [9.17, 15) is 9.90 Å². The van der Waals surface area contributed by atoms with E-state index in [1.165, 1.54) is 16.7 Å². The van der Waals surface area contributed by atoms with Crippen LogP contribution in [0, 0.1) is 22.7 Å². The molecule has 3 fully saturated rings. The fourth-order valence-corrected chi connectivity index (χ4v) is 8.71. The summed E-state index contributed by atoms with van der Waals surface area (Å²) in [4.78, 5) is 17.7. The number of thiazole rings is 1. The number of hydrogen-bond donors (Lipinski definition) is 1. The van der Waals surface area contributed by atoms with Gasteiger partial charge in [-0.25, -0.2) is 4.98 Å². The van der Waals surface area contributed by atoms with Crippen LogP contribution in [0.2, 0.25) is 0 Å². The van der Waals surface area contributed by atoms with Crippen LogP contribution in [0.25, 0.3) is 10.6 Å². The van der Waals surface area contributed by atoms with Crippen LogP contribution >= 0.6 is 11.3 Å². The molecule has 1 saturated heterocycles. The van der Waals surface area contributed by atoms with E-state index >= 15 is 0 Å². The summed E-state index contributed by atoms with van der Waals surface area (Å²) in [5.41, 5.74) is 3.60. The first-order valence-corrected chi connectivity index (χ1v) is 15.0. The van der Waals surface area contributed by atoms with Crippen LogP contribution in [0.5, 0.6) is 0 Å². The van der Waals surface area contributed by atoms with E-state index in [2.05, 4.69) is 56.1 Å². The van der Waals surface area contributed by atoms with Crippen LogP contribution in [0.3, 0.4) is 0 Å². The van der Waals surface area contributed by atoms with E-state index < -0.39 is 11.4 Å². The molecule has 7 rings (SSSR count). The van der Waals surface area contributed by atoms with Gasteiger partial charge in [0.2, 0.25) is 0 Å². The van der Waals surface area contributed by atoms with E-state index in [1.807, 2.05) is 17.7 Å². The first-order chi connectivity index (χ1) is 18.1. The molecule has 2 aromatic rings. The maximum atomic E-state index is 13.2. The van der Waals surface area contributed by atoms with Crippen molar-refractivity contribution in [3.63, 3.8) is 0 Å². The molecule has 2 heterocycles. The number of aliphatic hydroxyl groups is 1. The fourth-order valence-electron chi connectivity index (χ4n) is 8.07. The molecule has 4 aliphatic carbocycles. The average molecular weight is 532 g/mol. The van der Waals surface area contributed by atoms with Crippen molar-refractivity contribution in [1.82, 2.24) is 4.98 Å². The average Bonchev–Trinajstić information content (AvgIpc) is 3.54. The predicted molar refractivity (Wildman–Crippen MR) is 148 cm³/mol. The van der Waals surface area contributed by atoms with E-state index in [0.29, 0.717) is 26.1 Å². The first kappa shape index (κ1) is 24.9. The van der Waals surface area contributed by atoms with E-state index in [4.69, 9.17) is 9.47 Å². The Labute approximate surface area is 229 Å². The second kappa shape index (κ2) is 8.44. The van der Waals surface area contributed by atoms with Crippen LogP contribution in [0.15, 0.2) is 59.1 Å². The number of carbonyl (C=O) groups excluding carboxylic acids is 1. The Morgan fingerprint density at radius 1 is 1.08 bits per heavy atom. The lowest BCUT2D eigenvalue weighted by molar-refractivity contribution is -0.322. The van der Waals surface area contributed by atoms with Crippen LogP contribution in [-0.4, -0.2) is 40.5 Å². The summed E-state index contributed by atoms with van der Waals surface area (Å²) in [6.07, 6.45) is 10.2. The molecule has 1 spiro atoms. The molecule has 5 aliphatic rings. The van der Waals surface area contributed by atoms with Gasteiger partial charge < -0.3 is 14.6 Å². The minimum atomic E-state index is -0.926. The summed E-state index contributed by atoms with van der Waals surface area (Å²) in [5.74, 6) is 0.145. The van der Waals surface area contributed by atoms with Crippen molar-refractivity contribution in [2.24, 2.45) is 22.7 Å². The standard InChI is InChI=1S/C32H37NO4S/c1-29(2)18-36-32(37-19-29)13-11-25-27-22(10-12-31(25,35)17-32)24-8-9-26(34)30(24,3)16-23(27)20-4-6-21(7-5-20)28-33-14-15-38-28/h4-9,14-15,22-24,35H,10-13,16-19H2,1-3H3/t22-,23+,24+,30-,31+/m0/s1. The normalized spacial score (nSPS) is 37.2. The van der Waals surface area contributed by atoms with Crippen molar-refractivity contribution in [3.05, 3.63) is 64.7 Å². The summed E-state index contributed by atoms with van der Waals surface area (Å²) in [6, 6.07) is 8.76. The summed E-state index contributed by atoms with van der Waals surface area (Å²) in [5, 5.41) is 15.3. The molecular formula is C32H37NO4S. The van der Waals surface area contributed by atoms with Crippen LogP contribution in [-0.2, 0) is 14.3 Å². The number of allylic oxidation sites excluding steroid dienone is 3. The fraction of sp³-hybridized carbons (Fsp3) is 0.562. The number of fused-ring (bicyclic) bond motifs is 4. The van der Waals surface area contributed by atoms with Crippen molar-refractivity contribution in [3.8, 4) is 10.6 Å². The van der Waals surface area contributed by atoms with Crippen LogP contribution in [0.1, 0.15) is 70.8 Å². The van der Waals surface area contributed by atoms with Gasteiger partial charge in [-0.05, 0) is 54.7 Å². The zero-order chi connectivity index (χ0) is 26.3. The number of rotatable bonds is 2. The number of ether oxygens (including phenoxy) is 2. The molecule has 38 heavy (non-hydrogen) atoms. The molecule has 0 unspecified atom stereocenters. The minimum Gasteiger partial charge on any atom is -0.385 e. The Morgan fingerprint density at radius 2 is 1.84 bits per heavy atom. The Kier molecular flexibility index (Phi) is 5.53. The topological polar surface area (TPSA) is 68.7 Å². The van der Waals surface area contributed by atoms with Crippen molar-refractivity contribution >= 4 is 17.1 Å². The van der Waals surface area contributed by atoms with Gasteiger partial charge in [-0.15, -0.1) is 11.3 Å². The quantitative estimate of drug-likeness (QED) is 0.451. The molecule has 2 saturated carbocycles. The van der Waals surface area contributed by atoms with Crippen molar-refractivity contribution in [2.75, 3.05) is 13.2 Å². The van der Waals surface area contributed by atoms with Gasteiger partial charge in [0.25, 0.3) is 0 Å². The molecule has 1 aliphatic heterocycles. The van der Waals surface area contributed by atoms with Gasteiger partial charge in [0.15, 0.2) is 11.6 Å². The van der Waals surface area contributed by atoms with E-state index in [1.54, 1.807) is 11.3 Å². The zero-order valence-corrected chi connectivity index (χ0v) is 23.4. The molecule has 0 amide bonds. The van der Waals surface area contributed by atoms with Gasteiger partial charge in [-0.2, -0.15) is 0 Å². The Hall–Kier alpha value is -2.12. The Balaban J connectivity index is 1.29. The number of hydrogen-bond acceptors (Lipinski definition) is 6. The Morgan fingerprint density at radius 3 is 2.55 bits per heavy atom. The molecule has 200 valence electrons. The van der Waals surface area contributed by atoms with Crippen molar-refractivity contribution in [2.45, 2.75) is 76.6 Å². The highest BCUT2D eigenvalue weighted by molar-refractivity contribution is 7.13. The second-order valence-corrected chi connectivity index (χ2v) is 14.2. The van der Waals surface area contributed by atoms with Crippen molar-refractivity contribution in [1.29, 1.82) is 0 Å². The molecular weight excluding hydrogens is 494 g/mol. The number of carbonyl (C=O) groups is 1. The maximum Gasteiger partial charge on any atom is 0.171 e. The van der Waals surface area contributed by atoms with E-state index in [0.717, 1.165) is 36.3 Å². The Bertz CT molecular complexity index is 1320. The number of nitrogens with zero attached hydrogens (tertiary/aromatic N) is 1. The third kappa shape index (κ3) is 3.75. The number of benzene rings is 1. The molecule has 5 nitrogen and oxygen atoms in total. The molecule has 1 aromatic heterocycles. The van der Waals surface area contributed by atoms with Crippen LogP contribution < -0.4 is 0 Å². The molecule has 5 atom stereocenters. The SMILES string of the molecule is CC1(C)COC2(CCC3=C4[C@@H](CC[C@@]3(O)C2)[C@H]2C=CC(=O)[C@@]2(C)C[C@@H]4c2ccc(-c3nccs3)cc2)OC1. The molecule has 1 N–H and O–H groups in total. The van der Waals surface area contributed by atoms with Gasteiger partial charge in [0.05, 0.1) is 18.8 Å². The lowest BCUT2D eigenvalue weighted by Gasteiger charge is -2.56. The summed E-state index contributed by atoms with van der Waals surface area (Å²) < 4.78 is 12.7. The maximum absolute atomic E-state index is 13.2. The molecule has 0 radical (unpaired) electrons. The molecule has 1 aromatic carbocycles. The van der Waals surface area contributed by atoms with Gasteiger partial charge in [0, 0.05) is 46.7 Å². The summed E-state index contributed by atoms with van der Waals surface area (Å²) >= 11 is 1.64. The summed E-state index contributed by atoms with van der Waals surface area (Å²) in [7, 11) is 0. The monoisotopic (exact) mass is 531 g/mol. The lowest BCUT2D eigenvalue weighted by atomic mass is 9.51. The lowest BCUT2D eigenvalue weighted by Crippen LogP contribution is -2.57. The summed E-state index contributed by atoms with van der Waals surface area (Å²) in [6.45, 7) is 7.80. The first-order valence-electron chi connectivity index (χ1n) is 14.1. The highest BCUT2D eigenvalue weighted by Gasteiger charge is 2.59. The van der Waals surface area contributed by atoms with Crippen LogP contribution in [0.4, 0.5) is 0 Å². The smallest absolute Gasteiger partial charge is 0.171 e. The third-order valence-corrected chi connectivity index (χ3v) is 11.0. The number of aromatic nitrogens is 1. The van der Waals surface area contributed by atoms with E-state index in [-0.39, 0.29) is 34.4 Å². The highest BCUT2D eigenvalue weighted by atomic mass is 32.1. The number of ketones is 1.